The van der Waals surface area contributed by atoms with Gasteiger partial charge in [-0.15, -0.1) is 11.3 Å². The first-order valence-corrected chi connectivity index (χ1v) is 11.2. The number of hydrazine groups is 1. The van der Waals surface area contributed by atoms with E-state index < -0.39 is 0 Å². The van der Waals surface area contributed by atoms with Gasteiger partial charge in [0.1, 0.15) is 22.3 Å². The van der Waals surface area contributed by atoms with Crippen molar-refractivity contribution in [2.24, 2.45) is 0 Å². The largest absolute Gasteiger partial charge is 0.458 e. The Morgan fingerprint density at radius 1 is 1.27 bits per heavy atom. The van der Waals surface area contributed by atoms with Crippen LogP contribution in [0, 0.1) is 6.92 Å². The van der Waals surface area contributed by atoms with E-state index >= 15 is 0 Å². The van der Waals surface area contributed by atoms with Crippen molar-refractivity contribution in [3.8, 4) is 22.3 Å². The fourth-order valence-electron chi connectivity index (χ4n) is 3.56. The van der Waals surface area contributed by atoms with Gasteiger partial charge in [-0.25, -0.2) is 25.0 Å². The molecule has 0 aliphatic carbocycles. The van der Waals surface area contributed by atoms with Gasteiger partial charge in [0, 0.05) is 37.3 Å². The van der Waals surface area contributed by atoms with E-state index in [-0.39, 0.29) is 5.91 Å². The second kappa shape index (κ2) is 9.46. The molecule has 1 aliphatic heterocycles. The minimum Gasteiger partial charge on any atom is -0.458 e. The van der Waals surface area contributed by atoms with E-state index in [0.717, 1.165) is 30.4 Å². The Morgan fingerprint density at radius 3 is 2.77 bits per heavy atom. The Kier molecular flexibility index (Phi) is 6.51. The van der Waals surface area contributed by atoms with Crippen LogP contribution in [0.5, 0.6) is 0 Å². The average Bonchev–Trinajstić information content (AvgIpc) is 3.44. The number of furan rings is 1. The predicted octanol–water partition coefficient (Wildman–Crippen LogP) is 3.83. The monoisotopic (exact) mass is 426 g/mol. The highest BCUT2D eigenvalue weighted by molar-refractivity contribution is 7.13. The molecule has 0 spiro atoms. The van der Waals surface area contributed by atoms with E-state index in [1.165, 1.54) is 30.6 Å². The molecule has 0 saturated carbocycles. The van der Waals surface area contributed by atoms with Gasteiger partial charge in [-0.1, -0.05) is 13.3 Å². The molecule has 0 unspecified atom stereocenters. The summed E-state index contributed by atoms with van der Waals surface area (Å²) in [4.78, 5) is 26.2. The van der Waals surface area contributed by atoms with E-state index in [2.05, 4.69) is 37.2 Å². The zero-order valence-corrected chi connectivity index (χ0v) is 18.1. The van der Waals surface area contributed by atoms with Crippen LogP contribution in [0.15, 0.2) is 34.2 Å². The summed E-state index contributed by atoms with van der Waals surface area (Å²) >= 11 is 1.49. The van der Waals surface area contributed by atoms with Crippen LogP contribution in [0.2, 0.25) is 0 Å². The first-order valence-electron chi connectivity index (χ1n) is 10.3. The quantitative estimate of drug-likeness (QED) is 0.614. The van der Waals surface area contributed by atoms with Crippen molar-refractivity contribution in [3.05, 3.63) is 35.5 Å². The van der Waals surface area contributed by atoms with Crippen LogP contribution in [-0.2, 0) is 4.79 Å². The maximum atomic E-state index is 12.8. The third kappa shape index (κ3) is 4.92. The number of rotatable bonds is 7. The topological polar surface area (TPSA) is 87.4 Å². The normalized spacial score (nSPS) is 14.9. The summed E-state index contributed by atoms with van der Waals surface area (Å²) in [5, 5.41) is 9.98. The van der Waals surface area contributed by atoms with E-state index in [1.54, 1.807) is 12.3 Å². The predicted molar refractivity (Wildman–Crippen MR) is 117 cm³/mol. The molecule has 4 rings (SSSR count). The number of thiazole rings is 1. The van der Waals surface area contributed by atoms with E-state index in [0.29, 0.717) is 29.6 Å². The summed E-state index contributed by atoms with van der Waals surface area (Å²) in [7, 11) is 0. The number of hydrogen-bond acceptors (Lipinski definition) is 8. The number of aryl methyl sites for hydroxylation is 1. The Bertz CT molecular complexity index is 981. The van der Waals surface area contributed by atoms with Gasteiger partial charge in [-0.2, -0.15) is 0 Å². The number of carbonyl (C=O) groups is 1. The van der Waals surface area contributed by atoms with Gasteiger partial charge in [0.15, 0.2) is 11.6 Å². The van der Waals surface area contributed by atoms with E-state index in [4.69, 9.17) is 4.42 Å². The minimum atomic E-state index is -0.104. The van der Waals surface area contributed by atoms with Gasteiger partial charge in [0.2, 0.25) is 5.91 Å². The van der Waals surface area contributed by atoms with Crippen molar-refractivity contribution >= 4 is 23.1 Å². The number of anilines is 1. The standard InChI is InChI=1S/C21H26N6O2S/c1-3-26(27-10-5-4-6-11-27)14-19(28)24-18-13-16(21-22-9-12-30-21)23-20(25-18)17-8-7-15(2)29-17/h7-9,12-13H,3-6,10-11,14H2,1-2H3,(H,23,24,25,28). The lowest BCUT2D eigenvalue weighted by atomic mass is 10.2. The Morgan fingerprint density at radius 2 is 2.10 bits per heavy atom. The second-order valence-corrected chi connectivity index (χ2v) is 8.15. The highest BCUT2D eigenvalue weighted by Gasteiger charge is 2.20. The maximum absolute atomic E-state index is 12.8. The molecule has 4 heterocycles. The van der Waals surface area contributed by atoms with Crippen LogP contribution in [0.25, 0.3) is 22.3 Å². The van der Waals surface area contributed by atoms with Crippen molar-refractivity contribution in [1.82, 2.24) is 25.0 Å². The van der Waals surface area contributed by atoms with Gasteiger partial charge < -0.3 is 9.73 Å². The molecule has 1 N–H and O–H groups in total. The molecule has 1 amide bonds. The highest BCUT2D eigenvalue weighted by Crippen LogP contribution is 2.26. The molecule has 0 bridgehead atoms. The summed E-state index contributed by atoms with van der Waals surface area (Å²) in [6.07, 6.45) is 5.34. The Labute approximate surface area is 179 Å². The first-order chi connectivity index (χ1) is 14.6. The molecular formula is C21H26N6O2S. The number of aromatic nitrogens is 3. The number of piperidine rings is 1. The zero-order chi connectivity index (χ0) is 20.9. The SMILES string of the molecule is CCN(CC(=O)Nc1cc(-c2nccs2)nc(-c2ccc(C)o2)n1)N1CCCCC1. The van der Waals surface area contributed by atoms with Gasteiger partial charge in [0.05, 0.1) is 6.54 Å². The molecule has 3 aromatic rings. The van der Waals surface area contributed by atoms with Crippen molar-refractivity contribution < 1.29 is 9.21 Å². The van der Waals surface area contributed by atoms with Gasteiger partial charge >= 0.3 is 0 Å². The number of nitrogens with zero attached hydrogens (tertiary/aromatic N) is 5. The fourth-order valence-corrected chi connectivity index (χ4v) is 4.15. The van der Waals surface area contributed by atoms with Gasteiger partial charge in [-0.3, -0.25) is 4.79 Å². The maximum Gasteiger partial charge on any atom is 0.241 e. The molecule has 8 nitrogen and oxygen atoms in total. The highest BCUT2D eigenvalue weighted by atomic mass is 32.1. The molecular weight excluding hydrogens is 400 g/mol. The molecule has 30 heavy (non-hydrogen) atoms. The summed E-state index contributed by atoms with van der Waals surface area (Å²) < 4.78 is 5.69. The number of hydrogen-bond donors (Lipinski definition) is 1. The zero-order valence-electron chi connectivity index (χ0n) is 17.3. The van der Waals surface area contributed by atoms with Crippen molar-refractivity contribution in [3.63, 3.8) is 0 Å². The molecule has 0 atom stereocenters. The Hall–Kier alpha value is -2.62. The third-order valence-corrected chi connectivity index (χ3v) is 5.83. The summed E-state index contributed by atoms with van der Waals surface area (Å²) in [5.74, 6) is 2.10. The lowest BCUT2D eigenvalue weighted by Gasteiger charge is -2.36. The van der Waals surface area contributed by atoms with Crippen molar-refractivity contribution in [1.29, 1.82) is 0 Å². The third-order valence-electron chi connectivity index (χ3n) is 5.03. The van der Waals surface area contributed by atoms with Crippen LogP contribution in [-0.4, -0.2) is 57.1 Å². The lowest BCUT2D eigenvalue weighted by molar-refractivity contribution is -0.123. The number of likely N-dealkylation sites (N-methyl/N-ethyl adjacent to an activating group) is 1. The van der Waals surface area contributed by atoms with Crippen LogP contribution >= 0.6 is 11.3 Å². The molecule has 0 aromatic carbocycles. The summed E-state index contributed by atoms with van der Waals surface area (Å²) in [6, 6.07) is 5.45. The average molecular weight is 427 g/mol. The molecule has 3 aromatic heterocycles. The van der Waals surface area contributed by atoms with Crippen LogP contribution in [0.1, 0.15) is 31.9 Å². The smallest absolute Gasteiger partial charge is 0.241 e. The number of nitrogens with one attached hydrogen (secondary N) is 1. The van der Waals surface area contributed by atoms with E-state index in [1.807, 2.05) is 24.4 Å². The second-order valence-electron chi connectivity index (χ2n) is 7.25. The van der Waals surface area contributed by atoms with Crippen molar-refractivity contribution in [2.75, 3.05) is 31.5 Å². The molecule has 1 fully saturated rings. The summed E-state index contributed by atoms with van der Waals surface area (Å²) in [6.45, 7) is 7.04. The van der Waals surface area contributed by atoms with Crippen LogP contribution < -0.4 is 5.32 Å². The molecule has 158 valence electrons. The number of amides is 1. The fraction of sp³-hybridized carbons (Fsp3) is 0.429. The Balaban J connectivity index is 1.55. The van der Waals surface area contributed by atoms with Crippen molar-refractivity contribution in [2.45, 2.75) is 33.1 Å². The lowest BCUT2D eigenvalue weighted by Crippen LogP contribution is -2.48. The number of carbonyl (C=O) groups excluding carboxylic acids is 1. The minimum absolute atomic E-state index is 0.104. The summed E-state index contributed by atoms with van der Waals surface area (Å²) in [5.41, 5.74) is 0.655. The van der Waals surface area contributed by atoms with Crippen LogP contribution in [0.3, 0.4) is 0 Å². The van der Waals surface area contributed by atoms with E-state index in [9.17, 15) is 4.79 Å². The van der Waals surface area contributed by atoms with Crippen LogP contribution in [0.4, 0.5) is 5.82 Å². The molecule has 0 radical (unpaired) electrons. The first kappa shape index (κ1) is 20.6. The van der Waals surface area contributed by atoms with Gasteiger partial charge in [-0.05, 0) is 31.9 Å². The van der Waals surface area contributed by atoms with Gasteiger partial charge in [0.25, 0.3) is 0 Å². The molecule has 1 saturated heterocycles. The molecule has 1 aliphatic rings. The molecule has 9 heteroatoms.